The third-order valence-corrected chi connectivity index (χ3v) is 3.22. The molecule has 21 heavy (non-hydrogen) atoms. The van der Waals surface area contributed by atoms with Gasteiger partial charge in [0.1, 0.15) is 4.90 Å². The number of esters is 2. The molecule has 9 heteroatoms. The summed E-state index contributed by atoms with van der Waals surface area (Å²) in [5.74, 6) is -1.91. The van der Waals surface area contributed by atoms with Crippen molar-refractivity contribution in [1.82, 2.24) is 0 Å². The van der Waals surface area contributed by atoms with E-state index in [1.807, 2.05) is 0 Å². The molecule has 0 fully saturated rings. The number of carbonyl (C=O) groups is 2. The average Bonchev–Trinajstić information content (AvgIpc) is 2.37. The van der Waals surface area contributed by atoms with Crippen LogP contribution in [0.25, 0.3) is 0 Å². The van der Waals surface area contributed by atoms with Crippen LogP contribution in [-0.2, 0) is 19.6 Å². The van der Waals surface area contributed by atoms with Gasteiger partial charge in [0.15, 0.2) is 0 Å². The van der Waals surface area contributed by atoms with E-state index in [-0.39, 0.29) is 32.1 Å². The molecule has 0 atom stereocenters. The SMILES string of the molecule is CCOC(=O)c1cccc(C(=O)OCC)c1S(=O)(=O)O.[Li]. The summed E-state index contributed by atoms with van der Waals surface area (Å²) < 4.78 is 41.5. The molecule has 1 aromatic carbocycles. The minimum absolute atomic E-state index is 0. The Balaban J connectivity index is 0.00000400. The Labute approximate surface area is 134 Å². The first-order chi connectivity index (χ1) is 9.32. The molecular formula is C12H14LiO7S. The first kappa shape index (κ1) is 19.7. The van der Waals surface area contributed by atoms with Gasteiger partial charge < -0.3 is 9.47 Å². The van der Waals surface area contributed by atoms with Crippen LogP contribution in [0.15, 0.2) is 23.1 Å². The smallest absolute Gasteiger partial charge is 0.339 e. The van der Waals surface area contributed by atoms with E-state index >= 15 is 0 Å². The third kappa shape index (κ3) is 4.86. The Hall–Kier alpha value is -1.33. The molecule has 7 nitrogen and oxygen atoms in total. The van der Waals surface area contributed by atoms with Crippen molar-refractivity contribution in [2.75, 3.05) is 13.2 Å². The minimum atomic E-state index is -4.79. The van der Waals surface area contributed by atoms with Crippen molar-refractivity contribution in [2.45, 2.75) is 18.7 Å². The van der Waals surface area contributed by atoms with Crippen molar-refractivity contribution in [3.05, 3.63) is 29.3 Å². The van der Waals surface area contributed by atoms with Crippen molar-refractivity contribution in [3.63, 3.8) is 0 Å². The first-order valence-electron chi connectivity index (χ1n) is 5.77. The number of carbonyl (C=O) groups excluding carboxylic acids is 2. The molecule has 0 aliphatic heterocycles. The monoisotopic (exact) mass is 309 g/mol. The van der Waals surface area contributed by atoms with Crippen molar-refractivity contribution < 1.29 is 32.0 Å². The van der Waals surface area contributed by atoms with Gasteiger partial charge in [0.2, 0.25) is 0 Å². The Kier molecular flexibility index (Phi) is 7.67. The van der Waals surface area contributed by atoms with Crippen molar-refractivity contribution in [3.8, 4) is 0 Å². The van der Waals surface area contributed by atoms with Crippen LogP contribution in [0.3, 0.4) is 0 Å². The van der Waals surface area contributed by atoms with Gasteiger partial charge >= 0.3 is 11.9 Å². The van der Waals surface area contributed by atoms with E-state index in [9.17, 15) is 22.6 Å². The Morgan fingerprint density at radius 2 is 1.43 bits per heavy atom. The van der Waals surface area contributed by atoms with Crippen molar-refractivity contribution >= 4 is 40.9 Å². The largest absolute Gasteiger partial charge is 0.462 e. The maximum absolute atomic E-state index is 11.7. The van der Waals surface area contributed by atoms with E-state index in [4.69, 9.17) is 9.47 Å². The molecule has 0 unspecified atom stereocenters. The van der Waals surface area contributed by atoms with Gasteiger partial charge in [-0.1, -0.05) is 6.07 Å². The fourth-order valence-electron chi connectivity index (χ4n) is 1.55. The molecule has 1 aromatic rings. The van der Waals surface area contributed by atoms with Crippen LogP contribution in [-0.4, -0.2) is 57.0 Å². The van der Waals surface area contributed by atoms with Gasteiger partial charge in [-0.3, -0.25) is 4.55 Å². The summed E-state index contributed by atoms with van der Waals surface area (Å²) in [5.41, 5.74) is -0.834. The van der Waals surface area contributed by atoms with E-state index < -0.39 is 38.1 Å². The molecule has 0 saturated heterocycles. The second-order valence-electron chi connectivity index (χ2n) is 3.60. The average molecular weight is 309 g/mol. The molecule has 1 N–H and O–H groups in total. The maximum Gasteiger partial charge on any atom is 0.339 e. The molecule has 1 radical (unpaired) electrons. The Bertz CT molecular complexity index is 588. The maximum atomic E-state index is 11.7. The Morgan fingerprint density at radius 1 is 1.05 bits per heavy atom. The van der Waals surface area contributed by atoms with E-state index in [2.05, 4.69) is 0 Å². The van der Waals surface area contributed by atoms with Gasteiger partial charge in [0.05, 0.1) is 24.3 Å². The van der Waals surface area contributed by atoms with Crippen LogP contribution in [0.2, 0.25) is 0 Å². The number of hydrogen-bond acceptors (Lipinski definition) is 6. The molecule has 0 spiro atoms. The minimum Gasteiger partial charge on any atom is -0.462 e. The van der Waals surface area contributed by atoms with E-state index in [1.54, 1.807) is 13.8 Å². The molecule has 0 bridgehead atoms. The number of benzene rings is 1. The van der Waals surface area contributed by atoms with Crippen LogP contribution < -0.4 is 0 Å². The van der Waals surface area contributed by atoms with Crippen LogP contribution in [0.4, 0.5) is 0 Å². The van der Waals surface area contributed by atoms with E-state index in [1.165, 1.54) is 6.07 Å². The normalized spacial score (nSPS) is 10.4. The van der Waals surface area contributed by atoms with Crippen LogP contribution in [0.1, 0.15) is 34.6 Å². The molecule has 0 saturated carbocycles. The van der Waals surface area contributed by atoms with E-state index in [0.717, 1.165) is 12.1 Å². The molecule has 111 valence electrons. The van der Waals surface area contributed by atoms with Gasteiger partial charge in [-0.15, -0.1) is 0 Å². The zero-order valence-electron chi connectivity index (χ0n) is 12.0. The zero-order chi connectivity index (χ0) is 15.3. The van der Waals surface area contributed by atoms with Crippen LogP contribution >= 0.6 is 0 Å². The van der Waals surface area contributed by atoms with Gasteiger partial charge in [-0.25, -0.2) is 9.59 Å². The van der Waals surface area contributed by atoms with Gasteiger partial charge in [-0.2, -0.15) is 8.42 Å². The molecule has 1 rings (SSSR count). The fraction of sp³-hybridized carbons (Fsp3) is 0.333. The quantitative estimate of drug-likeness (QED) is 0.489. The summed E-state index contributed by atoms with van der Waals surface area (Å²) in [7, 11) is -4.79. The molecule has 0 aromatic heterocycles. The predicted molar refractivity (Wildman–Crippen MR) is 73.9 cm³/mol. The summed E-state index contributed by atoms with van der Waals surface area (Å²) in [5, 5.41) is 0. The first-order valence-corrected chi connectivity index (χ1v) is 7.21. The van der Waals surface area contributed by atoms with Crippen LogP contribution in [0.5, 0.6) is 0 Å². The summed E-state index contributed by atoms with van der Waals surface area (Å²) in [6.07, 6.45) is 0. The van der Waals surface area contributed by atoms with Crippen molar-refractivity contribution in [2.24, 2.45) is 0 Å². The fourth-order valence-corrected chi connectivity index (χ4v) is 2.41. The topological polar surface area (TPSA) is 107 Å². The summed E-state index contributed by atoms with van der Waals surface area (Å²) in [6.45, 7) is 3.13. The van der Waals surface area contributed by atoms with Crippen LogP contribution in [0, 0.1) is 0 Å². The number of rotatable bonds is 5. The second-order valence-corrected chi connectivity index (χ2v) is 4.96. The summed E-state index contributed by atoms with van der Waals surface area (Å²) in [6, 6.07) is 3.58. The standard InChI is InChI=1S/C12H14O7S.Li/c1-3-18-11(13)8-6-5-7-9(12(14)19-4-2)10(8)20(15,16)17;/h5-7H,3-4H2,1-2H3,(H,15,16,17);. The van der Waals surface area contributed by atoms with Gasteiger partial charge in [0.25, 0.3) is 10.1 Å². The molecular weight excluding hydrogens is 295 g/mol. The van der Waals surface area contributed by atoms with Gasteiger partial charge in [-0.05, 0) is 26.0 Å². The third-order valence-electron chi connectivity index (χ3n) is 2.26. The second kappa shape index (κ2) is 8.19. The predicted octanol–water partition coefficient (Wildman–Crippen LogP) is 0.906. The molecule has 0 aliphatic carbocycles. The van der Waals surface area contributed by atoms with Gasteiger partial charge in [0, 0.05) is 18.9 Å². The van der Waals surface area contributed by atoms with E-state index in [0.29, 0.717) is 0 Å². The zero-order valence-corrected chi connectivity index (χ0v) is 12.8. The van der Waals surface area contributed by atoms with Crippen molar-refractivity contribution in [1.29, 1.82) is 0 Å². The summed E-state index contributed by atoms with van der Waals surface area (Å²) >= 11 is 0. The molecule has 0 aliphatic rings. The summed E-state index contributed by atoms with van der Waals surface area (Å²) in [4.78, 5) is 22.6. The Morgan fingerprint density at radius 3 is 1.71 bits per heavy atom. The number of hydrogen-bond donors (Lipinski definition) is 1. The molecule has 0 amide bonds. The molecule has 0 heterocycles. The number of ether oxygens (including phenoxy) is 2.